The van der Waals surface area contributed by atoms with E-state index in [9.17, 15) is 14.0 Å². The maximum Gasteiger partial charge on any atom is 0.256 e. The average Bonchev–Trinajstić information content (AvgIpc) is 3.39. The summed E-state index contributed by atoms with van der Waals surface area (Å²) in [5, 5.41) is 10.2. The number of amides is 2. The van der Waals surface area contributed by atoms with Crippen LogP contribution in [0.1, 0.15) is 41.0 Å². The number of carbonyl (C=O) groups excluding carboxylic acids is 2. The molecular formula is C27H31FN6O2. The lowest BCUT2D eigenvalue weighted by Gasteiger charge is -2.34. The molecule has 2 amide bonds. The molecule has 2 aromatic carbocycles. The number of halogens is 1. The number of anilines is 2. The molecule has 1 fully saturated rings. The molecule has 5 rings (SSSR count). The molecule has 2 aliphatic heterocycles. The van der Waals surface area contributed by atoms with E-state index in [4.69, 9.17) is 0 Å². The summed E-state index contributed by atoms with van der Waals surface area (Å²) in [4.78, 5) is 32.4. The van der Waals surface area contributed by atoms with Crippen LogP contribution in [-0.4, -0.2) is 65.0 Å². The van der Waals surface area contributed by atoms with E-state index in [-0.39, 0.29) is 24.8 Å². The minimum Gasteiger partial charge on any atom is -0.369 e. The maximum absolute atomic E-state index is 14.1. The molecule has 3 aromatic rings. The van der Waals surface area contributed by atoms with Crippen molar-refractivity contribution in [2.75, 3.05) is 43.4 Å². The van der Waals surface area contributed by atoms with Gasteiger partial charge in [0, 0.05) is 43.0 Å². The highest BCUT2D eigenvalue weighted by molar-refractivity contribution is 6.04. The quantitative estimate of drug-likeness (QED) is 0.573. The lowest BCUT2D eigenvalue weighted by molar-refractivity contribution is -0.136. The summed E-state index contributed by atoms with van der Waals surface area (Å²) < 4.78 is 14.1. The number of hydrogen-bond acceptors (Lipinski definition) is 5. The lowest BCUT2D eigenvalue weighted by atomic mass is 10.00. The van der Waals surface area contributed by atoms with Gasteiger partial charge in [0.15, 0.2) is 5.82 Å². The molecule has 8 nitrogen and oxygen atoms in total. The van der Waals surface area contributed by atoms with Crippen LogP contribution in [0.3, 0.4) is 0 Å². The Morgan fingerprint density at radius 2 is 1.75 bits per heavy atom. The minimum atomic E-state index is -0.669. The number of benzene rings is 2. The van der Waals surface area contributed by atoms with Gasteiger partial charge in [0.2, 0.25) is 5.91 Å². The van der Waals surface area contributed by atoms with Crippen molar-refractivity contribution in [3.05, 3.63) is 76.7 Å². The topological polar surface area (TPSA) is 84.6 Å². The fourth-order valence-electron chi connectivity index (χ4n) is 4.99. The van der Waals surface area contributed by atoms with Crippen LogP contribution in [0.4, 0.5) is 15.9 Å². The Bertz CT molecular complexity index is 1280. The third-order valence-electron chi connectivity index (χ3n) is 7.30. The molecule has 188 valence electrons. The Morgan fingerprint density at radius 3 is 2.44 bits per heavy atom. The number of rotatable bonds is 5. The molecule has 0 bridgehead atoms. The Kier molecular flexibility index (Phi) is 6.26. The Balaban J connectivity index is 1.27. The van der Waals surface area contributed by atoms with Crippen molar-refractivity contribution in [2.24, 2.45) is 0 Å². The first-order valence-electron chi connectivity index (χ1n) is 12.2. The fraction of sp³-hybridized carbons (Fsp3) is 0.370. The summed E-state index contributed by atoms with van der Waals surface area (Å²) >= 11 is 0. The van der Waals surface area contributed by atoms with Crippen LogP contribution in [0, 0.1) is 5.82 Å². The molecule has 0 spiro atoms. The lowest BCUT2D eigenvalue weighted by Crippen LogP contribution is -2.44. The number of nitrogens with zero attached hydrogens (tertiary/aromatic N) is 4. The zero-order valence-corrected chi connectivity index (χ0v) is 20.8. The van der Waals surface area contributed by atoms with Crippen LogP contribution in [0.15, 0.2) is 48.5 Å². The number of aromatic nitrogens is 2. The first kappa shape index (κ1) is 24.0. The smallest absolute Gasteiger partial charge is 0.256 e. The molecule has 2 N–H and O–H groups in total. The number of H-pyrrole nitrogens is 1. The van der Waals surface area contributed by atoms with Gasteiger partial charge in [-0.1, -0.05) is 18.2 Å². The third-order valence-corrected chi connectivity index (χ3v) is 7.30. The molecule has 9 heteroatoms. The van der Waals surface area contributed by atoms with Gasteiger partial charge in [-0.25, -0.2) is 4.39 Å². The standard InChI is InChI=1S/C27H31FN6O2/c1-27(2)24-21(17-34(27)23(35)16-19-6-4-5-7-22(19)28)25(31-30-24)29-26(36)18-8-10-20(11-9-18)33-14-12-32(3)13-15-33/h4-11H,12-17H2,1-3H3,(H2,29,30,31,36). The minimum absolute atomic E-state index is 0.0326. The number of aromatic amines is 1. The van der Waals surface area contributed by atoms with Crippen LogP contribution in [0.25, 0.3) is 0 Å². The zero-order chi connectivity index (χ0) is 25.4. The van der Waals surface area contributed by atoms with E-state index in [2.05, 4.69) is 32.4 Å². The van der Waals surface area contributed by atoms with Crippen molar-refractivity contribution >= 4 is 23.3 Å². The number of carbonyl (C=O) groups is 2. The second-order valence-corrected chi connectivity index (χ2v) is 10.0. The highest BCUT2D eigenvalue weighted by Gasteiger charge is 2.43. The number of hydrogen-bond donors (Lipinski definition) is 2. The van der Waals surface area contributed by atoms with Gasteiger partial charge in [0.1, 0.15) is 5.82 Å². The van der Waals surface area contributed by atoms with E-state index in [0.29, 0.717) is 16.9 Å². The highest BCUT2D eigenvalue weighted by Crippen LogP contribution is 2.41. The summed E-state index contributed by atoms with van der Waals surface area (Å²) in [5.74, 6) is -0.434. The SMILES string of the molecule is CN1CCN(c2ccc(C(=O)Nc3n[nH]c4c3CN(C(=O)Cc3ccccc3F)C4(C)C)cc2)CC1. The third kappa shape index (κ3) is 4.46. The van der Waals surface area contributed by atoms with Crippen molar-refractivity contribution in [1.82, 2.24) is 20.0 Å². The van der Waals surface area contributed by atoms with E-state index in [1.54, 1.807) is 23.1 Å². The Morgan fingerprint density at radius 1 is 1.06 bits per heavy atom. The number of piperazine rings is 1. The van der Waals surface area contributed by atoms with Crippen LogP contribution >= 0.6 is 0 Å². The summed E-state index contributed by atoms with van der Waals surface area (Å²) in [7, 11) is 2.12. The van der Waals surface area contributed by atoms with Gasteiger partial charge in [0.05, 0.1) is 24.2 Å². The number of fused-ring (bicyclic) bond motifs is 1. The van der Waals surface area contributed by atoms with Crippen molar-refractivity contribution in [3.8, 4) is 0 Å². The predicted molar refractivity (Wildman–Crippen MR) is 136 cm³/mol. The summed E-state index contributed by atoms with van der Waals surface area (Å²) in [6.07, 6.45) is -0.0326. The largest absolute Gasteiger partial charge is 0.369 e. The molecule has 0 aliphatic carbocycles. The summed E-state index contributed by atoms with van der Waals surface area (Å²) in [6, 6.07) is 13.9. The fourth-order valence-corrected chi connectivity index (χ4v) is 4.99. The van der Waals surface area contributed by atoms with Crippen LogP contribution < -0.4 is 10.2 Å². The second-order valence-electron chi connectivity index (χ2n) is 10.0. The van der Waals surface area contributed by atoms with Gasteiger partial charge >= 0.3 is 0 Å². The van der Waals surface area contributed by atoms with Crippen molar-refractivity contribution < 1.29 is 14.0 Å². The predicted octanol–water partition coefficient (Wildman–Crippen LogP) is 3.37. The molecule has 36 heavy (non-hydrogen) atoms. The molecular weight excluding hydrogens is 459 g/mol. The van der Waals surface area contributed by atoms with Crippen molar-refractivity contribution in [1.29, 1.82) is 0 Å². The average molecular weight is 491 g/mol. The summed E-state index contributed by atoms with van der Waals surface area (Å²) in [6.45, 7) is 8.07. The maximum atomic E-state index is 14.1. The van der Waals surface area contributed by atoms with Gasteiger partial charge in [-0.2, -0.15) is 5.10 Å². The van der Waals surface area contributed by atoms with Crippen molar-refractivity contribution in [2.45, 2.75) is 32.4 Å². The van der Waals surface area contributed by atoms with Crippen LogP contribution in [0.2, 0.25) is 0 Å². The highest BCUT2D eigenvalue weighted by atomic mass is 19.1. The van der Waals surface area contributed by atoms with Crippen LogP contribution in [0.5, 0.6) is 0 Å². The van der Waals surface area contributed by atoms with E-state index in [1.165, 1.54) is 6.07 Å². The van der Waals surface area contributed by atoms with Gasteiger partial charge in [-0.05, 0) is 56.8 Å². The zero-order valence-electron chi connectivity index (χ0n) is 20.8. The molecule has 0 unspecified atom stereocenters. The van der Waals surface area contributed by atoms with Crippen molar-refractivity contribution in [3.63, 3.8) is 0 Å². The molecule has 1 aromatic heterocycles. The van der Waals surface area contributed by atoms with E-state index in [1.807, 2.05) is 38.1 Å². The molecule has 3 heterocycles. The molecule has 1 saturated heterocycles. The molecule has 0 atom stereocenters. The molecule has 0 radical (unpaired) electrons. The monoisotopic (exact) mass is 490 g/mol. The van der Waals surface area contributed by atoms with Gasteiger partial charge in [0.25, 0.3) is 5.91 Å². The van der Waals surface area contributed by atoms with E-state index in [0.717, 1.165) is 43.1 Å². The van der Waals surface area contributed by atoms with E-state index < -0.39 is 11.4 Å². The van der Waals surface area contributed by atoms with Crippen LogP contribution in [-0.2, 0) is 23.3 Å². The molecule has 2 aliphatic rings. The number of nitrogens with one attached hydrogen (secondary N) is 2. The first-order chi connectivity index (χ1) is 17.2. The second kappa shape index (κ2) is 9.39. The Labute approximate surface area is 210 Å². The summed E-state index contributed by atoms with van der Waals surface area (Å²) in [5.41, 5.74) is 2.87. The van der Waals surface area contributed by atoms with Gasteiger partial charge in [-0.3, -0.25) is 14.7 Å². The Hall–Kier alpha value is -3.72. The number of likely N-dealkylation sites (N-methyl/N-ethyl adjacent to an activating group) is 1. The normalized spacial score (nSPS) is 17.2. The van der Waals surface area contributed by atoms with E-state index >= 15 is 0 Å². The van der Waals surface area contributed by atoms with Gasteiger partial charge in [-0.15, -0.1) is 0 Å². The van der Waals surface area contributed by atoms with Gasteiger partial charge < -0.3 is 20.0 Å². The molecule has 0 saturated carbocycles. The first-order valence-corrected chi connectivity index (χ1v) is 12.2.